The summed E-state index contributed by atoms with van der Waals surface area (Å²) in [6.45, 7) is 2.24. The minimum atomic E-state index is 0.650. The summed E-state index contributed by atoms with van der Waals surface area (Å²) in [6.07, 6.45) is 4.36. The highest BCUT2D eigenvalue weighted by atomic mass is 15.3. The number of hydrogen-bond donors (Lipinski definition) is 2. The first-order valence-corrected chi connectivity index (χ1v) is 6.23. The van der Waals surface area contributed by atoms with Crippen molar-refractivity contribution in [3.63, 3.8) is 0 Å². The van der Waals surface area contributed by atoms with E-state index in [4.69, 9.17) is 0 Å². The van der Waals surface area contributed by atoms with Gasteiger partial charge >= 0.3 is 0 Å². The van der Waals surface area contributed by atoms with Crippen LogP contribution in [0.2, 0.25) is 0 Å². The smallest absolute Gasteiger partial charge is 0.109 e. The third-order valence-electron chi connectivity index (χ3n) is 3.55. The lowest BCUT2D eigenvalue weighted by molar-refractivity contribution is 0.440. The van der Waals surface area contributed by atoms with Crippen LogP contribution >= 0.6 is 0 Å². The molecule has 1 aliphatic heterocycles. The Hall–Kier alpha value is -1.55. The summed E-state index contributed by atoms with van der Waals surface area (Å²) in [6, 6.07) is 6.30. The number of piperidine rings is 1. The molecule has 1 fully saturated rings. The molecule has 2 aromatic rings. The molecule has 0 aromatic carbocycles. The van der Waals surface area contributed by atoms with Gasteiger partial charge in [0, 0.05) is 24.9 Å². The van der Waals surface area contributed by atoms with Gasteiger partial charge in [-0.2, -0.15) is 5.10 Å². The summed E-state index contributed by atoms with van der Waals surface area (Å²) in [5.41, 5.74) is 3.50. The molecular weight excluding hydrogens is 212 g/mol. The minimum Gasteiger partial charge on any atom is -0.360 e. The number of nitrogens with zero attached hydrogens (tertiary/aromatic N) is 2. The van der Waals surface area contributed by atoms with Crippen molar-refractivity contribution in [2.45, 2.75) is 18.8 Å². The molecule has 0 unspecified atom stereocenters. The maximum Gasteiger partial charge on any atom is 0.109 e. The fourth-order valence-electron chi connectivity index (χ4n) is 2.60. The molecule has 0 bridgehead atoms. The van der Waals surface area contributed by atoms with Crippen LogP contribution in [0, 0.1) is 0 Å². The Bertz CT molecular complexity index is 477. The van der Waals surface area contributed by atoms with Gasteiger partial charge in [-0.05, 0) is 44.1 Å². The lowest BCUT2D eigenvalue weighted by atomic mass is 9.94. The van der Waals surface area contributed by atoms with Gasteiger partial charge in [-0.3, -0.25) is 4.68 Å². The molecule has 90 valence electrons. The first-order valence-electron chi connectivity index (χ1n) is 6.23. The van der Waals surface area contributed by atoms with Crippen molar-refractivity contribution in [1.82, 2.24) is 20.1 Å². The first-order chi connectivity index (χ1) is 8.34. The zero-order valence-electron chi connectivity index (χ0n) is 10.1. The van der Waals surface area contributed by atoms with Crippen LogP contribution in [0.15, 0.2) is 24.4 Å². The highest BCUT2D eigenvalue weighted by molar-refractivity contribution is 5.54. The van der Waals surface area contributed by atoms with Gasteiger partial charge in [0.15, 0.2) is 0 Å². The standard InChI is InChI=1S/C13H18N4/c1-17-13(10-4-7-14-8-5-10)9-12(16-17)11-3-2-6-15-11/h2-3,6,9-10,14-15H,4-5,7-8H2,1H3. The molecule has 0 saturated carbocycles. The van der Waals surface area contributed by atoms with Crippen molar-refractivity contribution in [2.75, 3.05) is 13.1 Å². The topological polar surface area (TPSA) is 45.6 Å². The number of nitrogens with one attached hydrogen (secondary N) is 2. The van der Waals surface area contributed by atoms with Gasteiger partial charge in [-0.15, -0.1) is 0 Å². The van der Waals surface area contributed by atoms with Crippen LogP contribution in [-0.2, 0) is 7.05 Å². The number of rotatable bonds is 2. The van der Waals surface area contributed by atoms with Crippen LogP contribution in [0.3, 0.4) is 0 Å². The molecule has 0 amide bonds. The summed E-state index contributed by atoms with van der Waals surface area (Å²) in [5, 5.41) is 8.00. The SMILES string of the molecule is Cn1nc(-c2ccc[nH]2)cc1C1CCNCC1. The number of aromatic amines is 1. The number of aromatic nitrogens is 3. The van der Waals surface area contributed by atoms with Crippen LogP contribution in [0.1, 0.15) is 24.5 Å². The van der Waals surface area contributed by atoms with E-state index in [1.807, 2.05) is 24.0 Å². The second-order valence-corrected chi connectivity index (χ2v) is 4.69. The van der Waals surface area contributed by atoms with E-state index in [0.717, 1.165) is 24.5 Å². The van der Waals surface area contributed by atoms with E-state index in [1.54, 1.807) is 0 Å². The van der Waals surface area contributed by atoms with Crippen molar-refractivity contribution in [3.8, 4) is 11.4 Å². The Morgan fingerprint density at radius 2 is 2.18 bits per heavy atom. The lowest BCUT2D eigenvalue weighted by Gasteiger charge is -2.22. The molecule has 0 aliphatic carbocycles. The second-order valence-electron chi connectivity index (χ2n) is 4.69. The van der Waals surface area contributed by atoms with Gasteiger partial charge in [0.1, 0.15) is 5.69 Å². The van der Waals surface area contributed by atoms with E-state index < -0.39 is 0 Å². The molecule has 17 heavy (non-hydrogen) atoms. The Labute approximate surface area is 101 Å². The number of hydrogen-bond acceptors (Lipinski definition) is 2. The zero-order valence-corrected chi connectivity index (χ0v) is 10.1. The van der Waals surface area contributed by atoms with Gasteiger partial charge in [-0.25, -0.2) is 0 Å². The van der Waals surface area contributed by atoms with Crippen LogP contribution in [0.4, 0.5) is 0 Å². The first kappa shape index (κ1) is 10.6. The van der Waals surface area contributed by atoms with E-state index >= 15 is 0 Å². The van der Waals surface area contributed by atoms with Gasteiger partial charge in [0.25, 0.3) is 0 Å². The zero-order chi connectivity index (χ0) is 11.7. The fourth-order valence-corrected chi connectivity index (χ4v) is 2.60. The highest BCUT2D eigenvalue weighted by Gasteiger charge is 2.19. The molecule has 3 heterocycles. The Morgan fingerprint density at radius 3 is 2.88 bits per heavy atom. The summed E-state index contributed by atoms with van der Waals surface area (Å²) in [4.78, 5) is 3.21. The predicted molar refractivity (Wildman–Crippen MR) is 67.8 cm³/mol. The Balaban J connectivity index is 1.90. The molecule has 4 nitrogen and oxygen atoms in total. The van der Waals surface area contributed by atoms with Crippen LogP contribution in [0.25, 0.3) is 11.4 Å². The molecule has 2 aromatic heterocycles. The van der Waals surface area contributed by atoms with E-state index in [-0.39, 0.29) is 0 Å². The summed E-state index contributed by atoms with van der Waals surface area (Å²) in [5.74, 6) is 0.650. The molecule has 1 saturated heterocycles. The van der Waals surface area contributed by atoms with E-state index in [1.165, 1.54) is 18.5 Å². The van der Waals surface area contributed by atoms with E-state index in [0.29, 0.717) is 5.92 Å². The molecule has 0 radical (unpaired) electrons. The summed E-state index contributed by atoms with van der Waals surface area (Å²) < 4.78 is 2.03. The van der Waals surface area contributed by atoms with Gasteiger partial charge in [0.2, 0.25) is 0 Å². The summed E-state index contributed by atoms with van der Waals surface area (Å²) >= 11 is 0. The normalized spacial score (nSPS) is 17.5. The van der Waals surface area contributed by atoms with Gasteiger partial charge in [0.05, 0.1) is 5.69 Å². The number of aryl methyl sites for hydroxylation is 1. The molecule has 1 aliphatic rings. The molecule has 0 spiro atoms. The van der Waals surface area contributed by atoms with Gasteiger partial charge in [-0.1, -0.05) is 0 Å². The Morgan fingerprint density at radius 1 is 1.35 bits per heavy atom. The van der Waals surface area contributed by atoms with Crippen LogP contribution in [0.5, 0.6) is 0 Å². The van der Waals surface area contributed by atoms with Crippen molar-refractivity contribution in [3.05, 3.63) is 30.1 Å². The van der Waals surface area contributed by atoms with Crippen molar-refractivity contribution in [2.24, 2.45) is 7.05 Å². The van der Waals surface area contributed by atoms with Crippen LogP contribution in [-0.4, -0.2) is 27.9 Å². The molecule has 3 rings (SSSR count). The average molecular weight is 230 g/mol. The minimum absolute atomic E-state index is 0.650. The largest absolute Gasteiger partial charge is 0.360 e. The fraction of sp³-hybridized carbons (Fsp3) is 0.462. The molecule has 0 atom stereocenters. The maximum absolute atomic E-state index is 4.59. The maximum atomic E-state index is 4.59. The predicted octanol–water partition coefficient (Wildman–Crippen LogP) is 1.88. The van der Waals surface area contributed by atoms with Crippen molar-refractivity contribution < 1.29 is 0 Å². The lowest BCUT2D eigenvalue weighted by Crippen LogP contribution is -2.27. The average Bonchev–Trinajstić information content (AvgIpc) is 2.99. The second kappa shape index (κ2) is 4.37. The number of H-pyrrole nitrogens is 1. The van der Waals surface area contributed by atoms with Crippen molar-refractivity contribution in [1.29, 1.82) is 0 Å². The molecule has 4 heteroatoms. The van der Waals surface area contributed by atoms with Crippen molar-refractivity contribution >= 4 is 0 Å². The monoisotopic (exact) mass is 230 g/mol. The van der Waals surface area contributed by atoms with E-state index in [2.05, 4.69) is 27.5 Å². The van der Waals surface area contributed by atoms with E-state index in [9.17, 15) is 0 Å². The van der Waals surface area contributed by atoms with Gasteiger partial charge < -0.3 is 10.3 Å². The summed E-state index contributed by atoms with van der Waals surface area (Å²) in [7, 11) is 2.05. The van der Waals surface area contributed by atoms with Crippen LogP contribution < -0.4 is 5.32 Å². The quantitative estimate of drug-likeness (QED) is 0.827. The third-order valence-corrected chi connectivity index (χ3v) is 3.55. The molecular formula is C13H18N4. The highest BCUT2D eigenvalue weighted by Crippen LogP contribution is 2.27. The third kappa shape index (κ3) is 2.00. The Kier molecular flexibility index (Phi) is 2.73. The molecule has 2 N–H and O–H groups in total.